The first-order valence-corrected chi connectivity index (χ1v) is 8.69. The van der Waals surface area contributed by atoms with E-state index in [4.69, 9.17) is 11.6 Å². The first kappa shape index (κ1) is 17.8. The molecule has 0 unspecified atom stereocenters. The molecule has 138 valence electrons. The smallest absolute Gasteiger partial charge is 0.296 e. The molecular weight excluding hydrogens is 382 g/mol. The molecule has 0 atom stereocenters. The number of nitrogens with one attached hydrogen (secondary N) is 1. The van der Waals surface area contributed by atoms with Crippen LogP contribution in [0.4, 0.5) is 5.69 Å². The summed E-state index contributed by atoms with van der Waals surface area (Å²) >= 11 is 5.92. The van der Waals surface area contributed by atoms with Crippen LogP contribution < -0.4 is 5.56 Å². The number of Topliss-reactive ketones (excluding diaryl/α,β-unsaturated/α-hetero) is 1. The van der Waals surface area contributed by atoms with Crippen LogP contribution in [0.25, 0.3) is 21.8 Å². The predicted octanol–water partition coefficient (Wildman–Crippen LogP) is 4.06. The highest BCUT2D eigenvalue weighted by Crippen LogP contribution is 2.26. The fraction of sp³-hybridized carbons (Fsp3) is 0.0500. The normalized spacial score (nSPS) is 11.0. The average molecular weight is 394 g/mol. The number of ketones is 1. The van der Waals surface area contributed by atoms with Gasteiger partial charge in [-0.15, -0.1) is 0 Å². The molecule has 0 saturated heterocycles. The molecule has 0 saturated carbocycles. The van der Waals surface area contributed by atoms with E-state index < -0.39 is 10.5 Å². The Balaban J connectivity index is 1.79. The summed E-state index contributed by atoms with van der Waals surface area (Å²) in [5.74, 6) is -0.273. The summed E-state index contributed by atoms with van der Waals surface area (Å²) in [7, 11) is 0. The van der Waals surface area contributed by atoms with Crippen molar-refractivity contribution in [3.8, 4) is 0 Å². The molecule has 1 N–H and O–H groups in total. The Bertz CT molecular complexity index is 1330. The second-order valence-corrected chi connectivity index (χ2v) is 6.65. The Labute approximate surface area is 162 Å². The number of H-pyrrole nitrogens is 1. The van der Waals surface area contributed by atoms with E-state index in [9.17, 15) is 19.7 Å². The predicted molar refractivity (Wildman–Crippen MR) is 106 cm³/mol. The van der Waals surface area contributed by atoms with E-state index in [-0.39, 0.29) is 39.6 Å². The number of nitro benzene ring substituents is 1. The summed E-state index contributed by atoms with van der Waals surface area (Å²) in [6.45, 7) is 0. The molecule has 7 nitrogen and oxygen atoms in total. The van der Waals surface area contributed by atoms with E-state index in [0.717, 1.165) is 16.8 Å². The molecular formula is C20H12ClN3O4. The third kappa shape index (κ3) is 3.12. The molecule has 4 rings (SSSR count). The summed E-state index contributed by atoms with van der Waals surface area (Å²) in [5.41, 5.74) is -0.413. The topological polar surface area (TPSA) is 106 Å². The zero-order valence-electron chi connectivity index (χ0n) is 14.3. The second-order valence-electron chi connectivity index (χ2n) is 6.22. The number of nitrogens with zero attached hydrogens (tertiary/aromatic N) is 2. The van der Waals surface area contributed by atoms with Crippen molar-refractivity contribution in [3.63, 3.8) is 0 Å². The third-order valence-corrected chi connectivity index (χ3v) is 4.65. The lowest BCUT2D eigenvalue weighted by molar-refractivity contribution is -0.383. The van der Waals surface area contributed by atoms with Crippen molar-refractivity contribution in [2.75, 3.05) is 0 Å². The fourth-order valence-electron chi connectivity index (χ4n) is 3.16. The van der Waals surface area contributed by atoms with Crippen molar-refractivity contribution in [3.05, 3.63) is 91.3 Å². The minimum Gasteiger partial charge on any atom is -0.313 e. The van der Waals surface area contributed by atoms with Crippen LogP contribution in [0, 0.1) is 10.1 Å². The highest BCUT2D eigenvalue weighted by Gasteiger charge is 2.19. The fourth-order valence-corrected chi connectivity index (χ4v) is 3.36. The standard InChI is InChI=1S/C20H12ClN3O4/c21-12-8-15-19(17(9-12)24(27)28)23-20(26)16(22-15)10-18(25)14-7-3-5-11-4-1-2-6-13(11)14/h1-9H,10H2,(H,23,26). The maximum atomic E-state index is 12.8. The summed E-state index contributed by atoms with van der Waals surface area (Å²) in [6, 6.07) is 15.4. The van der Waals surface area contributed by atoms with Crippen LogP contribution in [-0.2, 0) is 6.42 Å². The van der Waals surface area contributed by atoms with Crippen molar-refractivity contribution < 1.29 is 9.72 Å². The molecule has 0 aliphatic rings. The summed E-state index contributed by atoms with van der Waals surface area (Å²) in [6.07, 6.45) is -0.237. The molecule has 0 aliphatic carbocycles. The molecule has 4 aromatic rings. The first-order valence-electron chi connectivity index (χ1n) is 8.32. The number of carbonyl (C=O) groups excluding carboxylic acids is 1. The Kier molecular flexibility index (Phi) is 4.37. The molecule has 8 heteroatoms. The van der Waals surface area contributed by atoms with Crippen molar-refractivity contribution in [2.45, 2.75) is 6.42 Å². The van der Waals surface area contributed by atoms with Crippen molar-refractivity contribution in [2.24, 2.45) is 0 Å². The molecule has 0 spiro atoms. The number of nitro groups is 1. The van der Waals surface area contributed by atoms with Gasteiger partial charge in [0, 0.05) is 16.7 Å². The monoisotopic (exact) mass is 393 g/mol. The van der Waals surface area contributed by atoms with Gasteiger partial charge in [0.05, 0.1) is 16.9 Å². The molecule has 0 fully saturated rings. The molecule has 0 radical (unpaired) electrons. The third-order valence-electron chi connectivity index (χ3n) is 4.43. The minimum atomic E-state index is -0.647. The number of hydrogen-bond donors (Lipinski definition) is 1. The van der Waals surface area contributed by atoms with Crippen LogP contribution in [0.3, 0.4) is 0 Å². The van der Waals surface area contributed by atoms with Crippen LogP contribution in [0.1, 0.15) is 16.1 Å². The van der Waals surface area contributed by atoms with Gasteiger partial charge in [-0.3, -0.25) is 19.7 Å². The molecule has 1 heterocycles. The van der Waals surface area contributed by atoms with Gasteiger partial charge in [0.2, 0.25) is 0 Å². The van der Waals surface area contributed by atoms with Gasteiger partial charge < -0.3 is 4.98 Å². The minimum absolute atomic E-state index is 0.0259. The van der Waals surface area contributed by atoms with Gasteiger partial charge in [-0.2, -0.15) is 0 Å². The average Bonchev–Trinajstić information content (AvgIpc) is 2.67. The maximum absolute atomic E-state index is 12.8. The number of aromatic amines is 1. The van der Waals surface area contributed by atoms with Gasteiger partial charge in [0.1, 0.15) is 11.2 Å². The molecule has 0 aliphatic heterocycles. The van der Waals surface area contributed by atoms with E-state index in [2.05, 4.69) is 9.97 Å². The zero-order valence-corrected chi connectivity index (χ0v) is 15.1. The lowest BCUT2D eigenvalue weighted by Gasteiger charge is -2.06. The number of non-ortho nitro benzene ring substituents is 1. The molecule has 28 heavy (non-hydrogen) atoms. The van der Waals surface area contributed by atoms with Crippen LogP contribution in [0.2, 0.25) is 5.02 Å². The van der Waals surface area contributed by atoms with Gasteiger partial charge in [-0.25, -0.2) is 4.98 Å². The van der Waals surface area contributed by atoms with Gasteiger partial charge in [-0.1, -0.05) is 54.1 Å². The highest BCUT2D eigenvalue weighted by molar-refractivity contribution is 6.31. The largest absolute Gasteiger partial charge is 0.313 e. The lowest BCUT2D eigenvalue weighted by atomic mass is 9.99. The van der Waals surface area contributed by atoms with Gasteiger partial charge in [-0.05, 0) is 16.8 Å². The van der Waals surface area contributed by atoms with Crippen molar-refractivity contribution in [1.29, 1.82) is 0 Å². The van der Waals surface area contributed by atoms with Crippen LogP contribution >= 0.6 is 11.6 Å². The second kappa shape index (κ2) is 6.86. The van der Waals surface area contributed by atoms with E-state index in [1.807, 2.05) is 30.3 Å². The van der Waals surface area contributed by atoms with Crippen LogP contribution in [-0.4, -0.2) is 20.7 Å². The molecule has 3 aromatic carbocycles. The Morgan fingerprint density at radius 2 is 1.89 bits per heavy atom. The summed E-state index contributed by atoms with van der Waals surface area (Å²) in [5, 5.41) is 13.0. The Hall–Kier alpha value is -3.58. The Morgan fingerprint density at radius 1 is 1.14 bits per heavy atom. The van der Waals surface area contributed by atoms with Crippen LogP contribution in [0.5, 0.6) is 0 Å². The molecule has 0 amide bonds. The number of rotatable bonds is 4. The van der Waals surface area contributed by atoms with E-state index in [1.165, 1.54) is 6.07 Å². The number of aromatic nitrogens is 2. The molecule has 0 bridgehead atoms. The SMILES string of the molecule is O=C(Cc1nc2cc(Cl)cc([N+](=O)[O-])c2[nH]c1=O)c1cccc2ccccc12. The van der Waals surface area contributed by atoms with Crippen molar-refractivity contribution in [1.82, 2.24) is 9.97 Å². The number of fused-ring (bicyclic) bond motifs is 2. The van der Waals surface area contributed by atoms with E-state index in [0.29, 0.717) is 5.56 Å². The maximum Gasteiger partial charge on any atom is 0.296 e. The molecule has 1 aromatic heterocycles. The van der Waals surface area contributed by atoms with Crippen molar-refractivity contribution >= 4 is 44.9 Å². The zero-order chi connectivity index (χ0) is 19.8. The number of carbonyl (C=O) groups is 1. The van der Waals surface area contributed by atoms with Gasteiger partial charge >= 0.3 is 0 Å². The first-order chi connectivity index (χ1) is 13.4. The van der Waals surface area contributed by atoms with E-state index >= 15 is 0 Å². The Morgan fingerprint density at radius 3 is 2.68 bits per heavy atom. The highest BCUT2D eigenvalue weighted by atomic mass is 35.5. The van der Waals surface area contributed by atoms with E-state index in [1.54, 1.807) is 12.1 Å². The van der Waals surface area contributed by atoms with Gasteiger partial charge in [0.15, 0.2) is 5.78 Å². The number of halogens is 1. The number of benzene rings is 3. The number of hydrogen-bond acceptors (Lipinski definition) is 5. The summed E-state index contributed by atoms with van der Waals surface area (Å²) in [4.78, 5) is 42.4. The quantitative estimate of drug-likeness (QED) is 0.319. The summed E-state index contributed by atoms with van der Waals surface area (Å²) < 4.78 is 0. The van der Waals surface area contributed by atoms with Gasteiger partial charge in [0.25, 0.3) is 11.2 Å². The lowest BCUT2D eigenvalue weighted by Crippen LogP contribution is -2.19. The van der Waals surface area contributed by atoms with Crippen LogP contribution in [0.15, 0.2) is 59.4 Å².